The lowest BCUT2D eigenvalue weighted by Gasteiger charge is -2.17. The summed E-state index contributed by atoms with van der Waals surface area (Å²) in [5.74, 6) is 0.872. The molecule has 2 aromatic rings. The molecule has 0 heterocycles. The van der Waals surface area contributed by atoms with Crippen LogP contribution < -0.4 is 15.0 Å². The number of ether oxygens (including phenoxy) is 1. The highest BCUT2D eigenvalue weighted by Gasteiger charge is 2.01. The third-order valence-electron chi connectivity index (χ3n) is 3.18. The van der Waals surface area contributed by atoms with Crippen molar-refractivity contribution in [1.82, 2.24) is 0 Å². The zero-order valence-electron chi connectivity index (χ0n) is 12.1. The van der Waals surface area contributed by atoms with E-state index in [4.69, 9.17) is 4.74 Å². The summed E-state index contributed by atoms with van der Waals surface area (Å²) in [6.45, 7) is 3.59. The molecule has 0 spiro atoms. The van der Waals surface area contributed by atoms with E-state index in [2.05, 4.69) is 99.7 Å². The predicted molar refractivity (Wildman–Crippen MR) is 106 cm³/mol. The Balaban J connectivity index is 1.90. The molecule has 1 N–H and O–H groups in total. The monoisotopic (exact) mass is 508 g/mol. The molecule has 0 atom stereocenters. The van der Waals surface area contributed by atoms with Crippen LogP contribution in [0.15, 0.2) is 42.5 Å². The van der Waals surface area contributed by atoms with Gasteiger partial charge < -0.3 is 15.0 Å². The Morgan fingerprint density at radius 3 is 2.48 bits per heavy atom. The van der Waals surface area contributed by atoms with Gasteiger partial charge in [0.2, 0.25) is 0 Å². The molecule has 5 heteroatoms. The van der Waals surface area contributed by atoms with E-state index < -0.39 is 0 Å². The predicted octanol–water partition coefficient (Wildman–Crippen LogP) is 4.80. The second kappa shape index (κ2) is 8.07. The number of nitrogens with one attached hydrogen (secondary N) is 1. The first kappa shape index (κ1) is 16.7. The zero-order valence-corrected chi connectivity index (χ0v) is 16.4. The maximum absolute atomic E-state index is 5.74. The molecule has 0 aliphatic carbocycles. The van der Waals surface area contributed by atoms with E-state index in [9.17, 15) is 0 Å². The van der Waals surface area contributed by atoms with Gasteiger partial charge in [-0.1, -0.05) is 0 Å². The summed E-state index contributed by atoms with van der Waals surface area (Å²) in [6, 6.07) is 14.5. The van der Waals surface area contributed by atoms with Gasteiger partial charge in [-0.3, -0.25) is 0 Å². The molecular weight excluding hydrogens is 490 g/mol. The van der Waals surface area contributed by atoms with Gasteiger partial charge >= 0.3 is 0 Å². The molecule has 0 aromatic heterocycles. The van der Waals surface area contributed by atoms with E-state index in [-0.39, 0.29) is 0 Å². The molecule has 0 saturated heterocycles. The molecule has 0 saturated carbocycles. The summed E-state index contributed by atoms with van der Waals surface area (Å²) in [5, 5.41) is 3.31. The van der Waals surface area contributed by atoms with E-state index in [1.54, 1.807) is 0 Å². The van der Waals surface area contributed by atoms with Crippen LogP contribution in [0.3, 0.4) is 0 Å². The summed E-state index contributed by atoms with van der Waals surface area (Å²) < 4.78 is 8.14. The average Bonchev–Trinajstić information content (AvgIpc) is 2.50. The van der Waals surface area contributed by atoms with Crippen molar-refractivity contribution >= 4 is 56.6 Å². The van der Waals surface area contributed by atoms with Crippen molar-refractivity contribution in [2.75, 3.05) is 30.5 Å². The second-order valence-electron chi connectivity index (χ2n) is 4.60. The summed E-state index contributed by atoms with van der Waals surface area (Å²) in [4.78, 5) is 2.19. The lowest BCUT2D eigenvalue weighted by molar-refractivity contribution is 0.347. The van der Waals surface area contributed by atoms with Crippen LogP contribution in [0.5, 0.6) is 5.75 Å². The normalized spacial score (nSPS) is 10.3. The molecule has 0 amide bonds. The molecule has 0 radical (unpaired) electrons. The van der Waals surface area contributed by atoms with Crippen molar-refractivity contribution in [3.8, 4) is 5.75 Å². The maximum atomic E-state index is 5.74. The van der Waals surface area contributed by atoms with Crippen molar-refractivity contribution in [2.24, 2.45) is 0 Å². The van der Waals surface area contributed by atoms with Crippen LogP contribution in [0.1, 0.15) is 6.92 Å². The van der Waals surface area contributed by atoms with Gasteiger partial charge in [0, 0.05) is 26.4 Å². The van der Waals surface area contributed by atoms with Crippen LogP contribution in [0.2, 0.25) is 0 Å². The third-order valence-corrected chi connectivity index (χ3v) is 4.79. The zero-order chi connectivity index (χ0) is 15.2. The Morgan fingerprint density at radius 2 is 1.81 bits per heavy atom. The summed E-state index contributed by atoms with van der Waals surface area (Å²) in [6.07, 6.45) is 0. The number of anilines is 2. The summed E-state index contributed by atoms with van der Waals surface area (Å²) in [5.41, 5.74) is 2.30. The van der Waals surface area contributed by atoms with Gasteiger partial charge in [0.25, 0.3) is 0 Å². The van der Waals surface area contributed by atoms with Crippen LogP contribution in [-0.2, 0) is 0 Å². The highest BCUT2D eigenvalue weighted by atomic mass is 127. The van der Waals surface area contributed by atoms with Crippen LogP contribution in [0.25, 0.3) is 0 Å². The van der Waals surface area contributed by atoms with Gasteiger partial charge in [-0.2, -0.15) is 0 Å². The molecule has 3 nitrogen and oxygen atoms in total. The Kier molecular flexibility index (Phi) is 6.40. The highest BCUT2D eigenvalue weighted by Crippen LogP contribution is 2.21. The lowest BCUT2D eigenvalue weighted by atomic mass is 10.3. The van der Waals surface area contributed by atoms with Crippen molar-refractivity contribution in [1.29, 1.82) is 0 Å². The van der Waals surface area contributed by atoms with Crippen LogP contribution in [0, 0.1) is 7.14 Å². The second-order valence-corrected chi connectivity index (χ2v) is 7.01. The fourth-order valence-electron chi connectivity index (χ4n) is 1.81. The van der Waals surface area contributed by atoms with Gasteiger partial charge in [-0.25, -0.2) is 0 Å². The Bertz CT molecular complexity index is 587. The minimum Gasteiger partial charge on any atom is -0.473 e. The van der Waals surface area contributed by atoms with E-state index in [0.29, 0.717) is 6.73 Å². The lowest BCUT2D eigenvalue weighted by Crippen LogP contribution is -2.15. The van der Waals surface area contributed by atoms with E-state index >= 15 is 0 Å². The van der Waals surface area contributed by atoms with Gasteiger partial charge in [-0.05, 0) is 94.6 Å². The molecule has 2 rings (SSSR count). The van der Waals surface area contributed by atoms with Crippen molar-refractivity contribution in [2.45, 2.75) is 6.92 Å². The van der Waals surface area contributed by atoms with E-state index in [0.717, 1.165) is 18.0 Å². The van der Waals surface area contributed by atoms with Gasteiger partial charge in [-0.15, -0.1) is 0 Å². The highest BCUT2D eigenvalue weighted by molar-refractivity contribution is 14.1. The molecule has 0 aliphatic heterocycles. The molecule has 0 unspecified atom stereocenters. The number of halogens is 2. The first-order valence-electron chi connectivity index (χ1n) is 6.73. The van der Waals surface area contributed by atoms with Gasteiger partial charge in [0.05, 0.1) is 5.69 Å². The smallest absolute Gasteiger partial charge is 0.159 e. The SMILES string of the molecule is CCN(C)c1ccc(OCNc2cc(I)ccc2I)cc1. The number of benzene rings is 2. The van der Waals surface area contributed by atoms with E-state index in [1.807, 2.05) is 12.1 Å². The van der Waals surface area contributed by atoms with Crippen molar-refractivity contribution in [3.05, 3.63) is 49.6 Å². The number of nitrogens with zero attached hydrogens (tertiary/aromatic N) is 1. The van der Waals surface area contributed by atoms with Crippen molar-refractivity contribution in [3.63, 3.8) is 0 Å². The quantitative estimate of drug-likeness (QED) is 0.449. The topological polar surface area (TPSA) is 24.5 Å². The van der Waals surface area contributed by atoms with Crippen LogP contribution in [-0.4, -0.2) is 20.3 Å². The fraction of sp³-hybridized carbons (Fsp3) is 0.250. The van der Waals surface area contributed by atoms with Gasteiger partial charge in [0.1, 0.15) is 5.75 Å². The van der Waals surface area contributed by atoms with Crippen LogP contribution in [0.4, 0.5) is 11.4 Å². The Morgan fingerprint density at radius 1 is 1.10 bits per heavy atom. The summed E-state index contributed by atoms with van der Waals surface area (Å²) >= 11 is 4.63. The first-order valence-corrected chi connectivity index (χ1v) is 8.89. The molecule has 2 aromatic carbocycles. The van der Waals surface area contributed by atoms with Crippen molar-refractivity contribution < 1.29 is 4.74 Å². The van der Waals surface area contributed by atoms with E-state index in [1.165, 1.54) is 12.8 Å². The Labute approximate surface area is 153 Å². The molecule has 0 fully saturated rings. The first-order chi connectivity index (χ1) is 10.1. The minimum absolute atomic E-state index is 0.457. The molecule has 112 valence electrons. The van der Waals surface area contributed by atoms with Gasteiger partial charge in [0.15, 0.2) is 6.73 Å². The minimum atomic E-state index is 0.457. The molecule has 0 bridgehead atoms. The molecule has 21 heavy (non-hydrogen) atoms. The number of hydrogen-bond donors (Lipinski definition) is 1. The molecule has 0 aliphatic rings. The fourth-order valence-corrected chi connectivity index (χ4v) is 2.83. The average molecular weight is 508 g/mol. The number of rotatable bonds is 6. The largest absolute Gasteiger partial charge is 0.473 e. The number of hydrogen-bond acceptors (Lipinski definition) is 3. The standard InChI is InChI=1S/C16H18I2N2O/c1-3-20(2)13-5-7-14(8-6-13)21-11-19-16-10-12(17)4-9-15(16)18/h4-10,19H,3,11H2,1-2H3. The third kappa shape index (κ3) is 4.91. The molecular formula is C16H18I2N2O. The Hall–Kier alpha value is -0.700. The maximum Gasteiger partial charge on any atom is 0.159 e. The van der Waals surface area contributed by atoms with Crippen LogP contribution >= 0.6 is 45.2 Å². The summed E-state index contributed by atoms with van der Waals surface area (Å²) in [7, 11) is 2.08.